The van der Waals surface area contributed by atoms with Gasteiger partial charge in [-0.1, -0.05) is 0 Å². The van der Waals surface area contributed by atoms with E-state index in [1.807, 2.05) is 0 Å². The summed E-state index contributed by atoms with van der Waals surface area (Å²) in [5, 5.41) is 13.6. The van der Waals surface area contributed by atoms with Gasteiger partial charge in [-0.05, 0) is 37.0 Å². The minimum Gasteiger partial charge on any atom is -0.391 e. The minimum atomic E-state index is -3.28. The summed E-state index contributed by atoms with van der Waals surface area (Å²) in [7, 11) is -3.28. The van der Waals surface area contributed by atoms with Gasteiger partial charge in [-0.25, -0.2) is 18.4 Å². The lowest BCUT2D eigenvalue weighted by Gasteiger charge is -2.12. The Bertz CT molecular complexity index is 772. The lowest BCUT2D eigenvalue weighted by Crippen LogP contribution is -2.21. The van der Waals surface area contributed by atoms with Gasteiger partial charge in [0.25, 0.3) is 0 Å². The number of rotatable bonds is 5. The normalized spacial score (nSPS) is 16.9. The molecule has 1 unspecified atom stereocenters. The van der Waals surface area contributed by atoms with Gasteiger partial charge in [-0.15, -0.1) is 0 Å². The number of anilines is 1. The third-order valence-corrected chi connectivity index (χ3v) is 4.79. The summed E-state index contributed by atoms with van der Waals surface area (Å²) >= 11 is 0. The fourth-order valence-electron chi connectivity index (χ4n) is 2.26. The van der Waals surface area contributed by atoms with Crippen LogP contribution in [0.5, 0.6) is 0 Å². The number of hydrogen-bond donors (Lipinski definition) is 2. The van der Waals surface area contributed by atoms with Crippen LogP contribution >= 0.6 is 0 Å². The monoisotopic (exact) mass is 307 g/mol. The molecule has 6 nitrogen and oxygen atoms in total. The van der Waals surface area contributed by atoms with Gasteiger partial charge < -0.3 is 10.4 Å². The first-order valence-corrected chi connectivity index (χ1v) is 8.71. The molecule has 1 aromatic carbocycles. The van der Waals surface area contributed by atoms with Crippen molar-refractivity contribution < 1.29 is 13.5 Å². The molecule has 0 spiro atoms. The van der Waals surface area contributed by atoms with Crippen LogP contribution in [-0.2, 0) is 9.84 Å². The largest absolute Gasteiger partial charge is 0.391 e. The van der Waals surface area contributed by atoms with Crippen LogP contribution in [0.1, 0.15) is 12.8 Å². The summed E-state index contributed by atoms with van der Waals surface area (Å²) in [4.78, 5) is 8.52. The molecule has 1 aliphatic rings. The van der Waals surface area contributed by atoms with Crippen molar-refractivity contribution in [2.75, 3.05) is 18.1 Å². The number of benzene rings is 1. The van der Waals surface area contributed by atoms with Crippen LogP contribution in [0, 0.1) is 5.92 Å². The summed E-state index contributed by atoms with van der Waals surface area (Å²) < 4.78 is 23.3. The average molecular weight is 307 g/mol. The molecule has 2 aromatic rings. The third kappa shape index (κ3) is 3.14. The number of aliphatic hydroxyl groups is 1. The van der Waals surface area contributed by atoms with Gasteiger partial charge in [0, 0.05) is 18.2 Å². The summed E-state index contributed by atoms with van der Waals surface area (Å²) in [6.45, 7) is 0.403. The zero-order valence-electron chi connectivity index (χ0n) is 11.7. The zero-order chi connectivity index (χ0) is 15.0. The van der Waals surface area contributed by atoms with E-state index in [9.17, 15) is 13.5 Å². The lowest BCUT2D eigenvalue weighted by atomic mass is 10.2. The Morgan fingerprint density at radius 2 is 2.14 bits per heavy atom. The number of nitrogens with zero attached hydrogens (tertiary/aromatic N) is 2. The van der Waals surface area contributed by atoms with Crippen molar-refractivity contribution in [2.24, 2.45) is 5.92 Å². The first-order valence-electron chi connectivity index (χ1n) is 6.82. The lowest BCUT2D eigenvalue weighted by molar-refractivity contribution is 0.164. The van der Waals surface area contributed by atoms with Gasteiger partial charge >= 0.3 is 0 Å². The quantitative estimate of drug-likeness (QED) is 0.863. The Morgan fingerprint density at radius 3 is 2.81 bits per heavy atom. The van der Waals surface area contributed by atoms with Crippen molar-refractivity contribution >= 4 is 26.6 Å². The van der Waals surface area contributed by atoms with Crippen LogP contribution in [-0.4, -0.2) is 42.4 Å². The number of fused-ring (bicyclic) bond motifs is 1. The smallest absolute Gasteiger partial charge is 0.175 e. The highest BCUT2D eigenvalue weighted by Crippen LogP contribution is 2.32. The molecule has 1 saturated carbocycles. The minimum absolute atomic E-state index is 0.232. The molecule has 1 atom stereocenters. The molecule has 0 amide bonds. The van der Waals surface area contributed by atoms with E-state index in [1.54, 1.807) is 12.1 Å². The molecule has 0 saturated heterocycles. The van der Waals surface area contributed by atoms with E-state index in [1.165, 1.54) is 18.6 Å². The SMILES string of the molecule is CS(=O)(=O)c1ccc2ncnc(NCC(O)C3CC3)c2c1. The van der Waals surface area contributed by atoms with Gasteiger partial charge in [-0.2, -0.15) is 0 Å². The molecule has 7 heteroatoms. The highest BCUT2D eigenvalue weighted by atomic mass is 32.2. The number of aromatic nitrogens is 2. The van der Waals surface area contributed by atoms with E-state index in [0.29, 0.717) is 29.2 Å². The van der Waals surface area contributed by atoms with Crippen molar-refractivity contribution in [1.82, 2.24) is 9.97 Å². The van der Waals surface area contributed by atoms with Crippen LogP contribution in [0.15, 0.2) is 29.4 Å². The van der Waals surface area contributed by atoms with Gasteiger partial charge in [0.05, 0.1) is 16.5 Å². The Morgan fingerprint density at radius 1 is 1.38 bits per heavy atom. The molecule has 0 aliphatic heterocycles. The summed E-state index contributed by atoms with van der Waals surface area (Å²) in [5.41, 5.74) is 0.667. The van der Waals surface area contributed by atoms with E-state index in [-0.39, 0.29) is 4.90 Å². The fourth-order valence-corrected chi connectivity index (χ4v) is 2.90. The van der Waals surface area contributed by atoms with Gasteiger partial charge in [-0.3, -0.25) is 0 Å². The molecule has 112 valence electrons. The van der Waals surface area contributed by atoms with E-state index in [2.05, 4.69) is 15.3 Å². The molecule has 1 fully saturated rings. The summed E-state index contributed by atoms with van der Waals surface area (Å²) in [6, 6.07) is 4.76. The van der Waals surface area contributed by atoms with E-state index in [4.69, 9.17) is 0 Å². The molecule has 0 radical (unpaired) electrons. The van der Waals surface area contributed by atoms with E-state index in [0.717, 1.165) is 12.8 Å². The number of sulfone groups is 1. The third-order valence-electron chi connectivity index (χ3n) is 3.68. The number of hydrogen-bond acceptors (Lipinski definition) is 6. The first-order chi connectivity index (χ1) is 9.95. The van der Waals surface area contributed by atoms with Gasteiger partial charge in [0.15, 0.2) is 9.84 Å². The van der Waals surface area contributed by atoms with E-state index >= 15 is 0 Å². The van der Waals surface area contributed by atoms with Crippen molar-refractivity contribution in [1.29, 1.82) is 0 Å². The Balaban J connectivity index is 1.93. The summed E-state index contributed by atoms with van der Waals surface area (Å²) in [5.74, 6) is 0.919. The molecule has 1 aromatic heterocycles. The second-order valence-corrected chi connectivity index (χ2v) is 7.47. The molecule has 0 bridgehead atoms. The Kier molecular flexibility index (Phi) is 3.54. The standard InChI is InChI=1S/C14H17N3O3S/c1-21(19,20)10-4-5-12-11(6-10)14(17-8-16-12)15-7-13(18)9-2-3-9/h4-6,8-9,13,18H,2-3,7H2,1H3,(H,15,16,17). The predicted molar refractivity (Wildman–Crippen MR) is 79.9 cm³/mol. The molecular weight excluding hydrogens is 290 g/mol. The van der Waals surface area contributed by atoms with Crippen LogP contribution in [0.25, 0.3) is 10.9 Å². The molecule has 21 heavy (non-hydrogen) atoms. The highest BCUT2D eigenvalue weighted by Gasteiger charge is 2.29. The van der Waals surface area contributed by atoms with Crippen molar-refractivity contribution in [3.63, 3.8) is 0 Å². The average Bonchev–Trinajstić information content (AvgIpc) is 3.27. The molecule has 1 aliphatic carbocycles. The number of nitrogens with one attached hydrogen (secondary N) is 1. The first kappa shape index (κ1) is 14.2. The van der Waals surface area contributed by atoms with Gasteiger partial charge in [0.2, 0.25) is 0 Å². The highest BCUT2D eigenvalue weighted by molar-refractivity contribution is 7.90. The van der Waals surface area contributed by atoms with Gasteiger partial charge in [0.1, 0.15) is 12.1 Å². The molecule has 1 heterocycles. The molecular formula is C14H17N3O3S. The Labute approximate surface area is 123 Å². The maximum atomic E-state index is 11.7. The van der Waals surface area contributed by atoms with Crippen molar-refractivity contribution in [2.45, 2.75) is 23.8 Å². The summed E-state index contributed by atoms with van der Waals surface area (Å²) in [6.07, 6.45) is 4.32. The van der Waals surface area contributed by atoms with Crippen LogP contribution in [0.3, 0.4) is 0 Å². The molecule has 3 rings (SSSR count). The van der Waals surface area contributed by atoms with Crippen LogP contribution in [0.2, 0.25) is 0 Å². The predicted octanol–water partition coefficient (Wildman–Crippen LogP) is 1.22. The Hall–Kier alpha value is -1.73. The molecule has 2 N–H and O–H groups in total. The van der Waals surface area contributed by atoms with Crippen molar-refractivity contribution in [3.05, 3.63) is 24.5 Å². The van der Waals surface area contributed by atoms with Crippen molar-refractivity contribution in [3.8, 4) is 0 Å². The van der Waals surface area contributed by atoms with Crippen LogP contribution < -0.4 is 5.32 Å². The topological polar surface area (TPSA) is 92.2 Å². The number of aliphatic hydroxyl groups excluding tert-OH is 1. The van der Waals surface area contributed by atoms with Crippen LogP contribution in [0.4, 0.5) is 5.82 Å². The van der Waals surface area contributed by atoms with E-state index < -0.39 is 15.9 Å². The second-order valence-electron chi connectivity index (χ2n) is 5.46. The zero-order valence-corrected chi connectivity index (χ0v) is 12.5. The maximum absolute atomic E-state index is 11.7. The second kappa shape index (κ2) is 5.23. The maximum Gasteiger partial charge on any atom is 0.175 e. The fraction of sp³-hybridized carbons (Fsp3) is 0.429.